The molecule has 13 nitrogen and oxygen atoms in total. The van der Waals surface area contributed by atoms with Crippen LogP contribution in [-0.2, 0) is 23.7 Å². The van der Waals surface area contributed by atoms with Crippen LogP contribution in [0, 0.1) is 50.2 Å². The van der Waals surface area contributed by atoms with Gasteiger partial charge in [0.25, 0.3) is 0 Å². The lowest BCUT2D eigenvalue weighted by molar-refractivity contribution is -0.352. The minimum atomic E-state index is -1.68. The Kier molecular flexibility index (Phi) is 10.6. The largest absolute Gasteiger partial charge is 0.481 e. The number of carboxylic acids is 1. The zero-order valence-electron chi connectivity index (χ0n) is 32.9. The van der Waals surface area contributed by atoms with Crippen LogP contribution in [0.5, 0.6) is 0 Å². The van der Waals surface area contributed by atoms with Gasteiger partial charge in [-0.3, -0.25) is 4.79 Å². The monoisotopic (exact) mass is 766 g/mol. The molecule has 18 atom stereocenters. The highest BCUT2D eigenvalue weighted by Gasteiger charge is 2.70. The Balaban J connectivity index is 1.08. The summed E-state index contributed by atoms with van der Waals surface area (Å²) in [4.78, 5) is 13.0. The molecule has 6 fully saturated rings. The minimum Gasteiger partial charge on any atom is -0.481 e. The average Bonchev–Trinajstić information content (AvgIpc) is 3.12. The third-order valence-electron chi connectivity index (χ3n) is 17.0. The maximum atomic E-state index is 13.0. The van der Waals surface area contributed by atoms with Crippen molar-refractivity contribution in [1.29, 1.82) is 0 Å². The number of aliphatic carboxylic acids is 1. The van der Waals surface area contributed by atoms with Crippen molar-refractivity contribution >= 4 is 5.97 Å². The van der Waals surface area contributed by atoms with Crippen LogP contribution < -0.4 is 0 Å². The van der Waals surface area contributed by atoms with Crippen LogP contribution in [0.25, 0.3) is 0 Å². The highest BCUT2D eigenvalue weighted by molar-refractivity contribution is 5.76. The van der Waals surface area contributed by atoms with Gasteiger partial charge in [-0.25, -0.2) is 0 Å². The Labute approximate surface area is 319 Å². The number of hydrogen-bond donors (Lipinski definition) is 8. The Morgan fingerprint density at radius 2 is 1.48 bits per heavy atom. The zero-order valence-corrected chi connectivity index (χ0v) is 32.9. The third-order valence-corrected chi connectivity index (χ3v) is 17.0. The summed E-state index contributed by atoms with van der Waals surface area (Å²) in [6, 6.07) is 0. The van der Waals surface area contributed by atoms with Crippen molar-refractivity contribution in [1.82, 2.24) is 0 Å². The van der Waals surface area contributed by atoms with Crippen molar-refractivity contribution in [2.24, 2.45) is 50.2 Å². The van der Waals surface area contributed by atoms with E-state index < -0.39 is 84.8 Å². The van der Waals surface area contributed by atoms with Crippen LogP contribution in [0.3, 0.4) is 0 Å². The van der Waals surface area contributed by atoms with E-state index in [2.05, 4.69) is 47.6 Å². The standard InChI is InChI=1S/C41H66O13/c1-36(2)13-15-41(35(49)50)16-14-39(5)21(22(41)17-36)7-8-26-37(3)11-10-27(38(4,20-43)25(37)9-12-40(26,39)6)54-33-31(47)29(45)24(19-51-33)53-34-32(48)30(46)28(44)23(18-42)52-34/h7,22-34,42-48H,8-20H2,1-6H3,(H,49,50)/t22-,23+,24-,25+,26+,27-,28+,29-,30-,31+,32+,33-,34-,37-,38+,39+,40+,41-/m0/s1. The fraction of sp³-hybridized carbons (Fsp3) is 0.927. The molecule has 2 saturated heterocycles. The van der Waals surface area contributed by atoms with E-state index in [1.54, 1.807) is 0 Å². The normalized spacial score (nSPS) is 54.3. The number of aliphatic hydroxyl groups excluding tert-OH is 7. The molecular weight excluding hydrogens is 700 g/mol. The summed E-state index contributed by atoms with van der Waals surface area (Å²) in [5, 5.41) is 84.5. The molecule has 0 radical (unpaired) electrons. The summed E-state index contributed by atoms with van der Waals surface area (Å²) in [6.45, 7) is 12.9. The summed E-state index contributed by atoms with van der Waals surface area (Å²) in [6.07, 6.45) is -2.86. The van der Waals surface area contributed by atoms with Crippen LogP contribution >= 0.6 is 0 Å². The Bertz CT molecular complexity index is 1450. The molecule has 0 bridgehead atoms. The van der Waals surface area contributed by atoms with Gasteiger partial charge in [-0.15, -0.1) is 0 Å². The van der Waals surface area contributed by atoms with Gasteiger partial charge >= 0.3 is 5.97 Å². The number of rotatable bonds is 7. The average molecular weight is 767 g/mol. The van der Waals surface area contributed by atoms with Crippen molar-refractivity contribution < 1.29 is 64.6 Å². The Hall–Kier alpha value is -1.23. The van der Waals surface area contributed by atoms with E-state index in [4.69, 9.17) is 18.9 Å². The molecule has 4 saturated carbocycles. The Morgan fingerprint density at radius 1 is 0.796 bits per heavy atom. The number of allylic oxidation sites excluding steroid dienone is 2. The van der Waals surface area contributed by atoms with Gasteiger partial charge in [0.2, 0.25) is 0 Å². The molecule has 5 aliphatic carbocycles. The molecule has 0 aromatic heterocycles. The molecule has 7 rings (SSSR count). The summed E-state index contributed by atoms with van der Waals surface area (Å²) >= 11 is 0. The molecule has 2 heterocycles. The summed E-state index contributed by atoms with van der Waals surface area (Å²) in [7, 11) is 0. The second-order valence-electron chi connectivity index (χ2n) is 20.1. The maximum Gasteiger partial charge on any atom is 0.310 e. The highest BCUT2D eigenvalue weighted by Crippen LogP contribution is 2.76. The lowest BCUT2D eigenvalue weighted by Gasteiger charge is -2.71. The molecule has 8 N–H and O–H groups in total. The number of hydrogen-bond acceptors (Lipinski definition) is 12. The van der Waals surface area contributed by atoms with Gasteiger partial charge in [0.1, 0.15) is 42.7 Å². The molecule has 0 unspecified atom stereocenters. The molecule has 13 heteroatoms. The molecule has 0 aromatic carbocycles. The highest BCUT2D eigenvalue weighted by atomic mass is 16.7. The SMILES string of the molecule is CC1(C)CC[C@]2(C(=O)O)CC[C@]3(C)C(=CC[C@@H]4[C@@]5(C)CC[C@H](O[C@@H]6OC[C@H](O[C@@H]7O[C@H](CO)[C@@H](O)[C@H](O)[C@H]7O)[C@H](O)[C@H]6O)[C@](C)(CO)[C@@H]5CC[C@]43C)[C@@H]2C1. The topological polar surface area (TPSA) is 216 Å². The number of carboxylic acid groups (broad SMARTS) is 1. The predicted molar refractivity (Wildman–Crippen MR) is 193 cm³/mol. The molecule has 0 spiro atoms. The molecule has 54 heavy (non-hydrogen) atoms. The van der Waals surface area contributed by atoms with Crippen molar-refractivity contribution in [3.63, 3.8) is 0 Å². The van der Waals surface area contributed by atoms with E-state index in [0.717, 1.165) is 51.4 Å². The second kappa shape index (κ2) is 14.0. The van der Waals surface area contributed by atoms with Crippen LogP contribution in [-0.4, -0.2) is 128 Å². The predicted octanol–water partition coefficient (Wildman–Crippen LogP) is 2.49. The maximum absolute atomic E-state index is 13.0. The van der Waals surface area contributed by atoms with E-state index in [9.17, 15) is 45.6 Å². The van der Waals surface area contributed by atoms with Gasteiger partial charge in [0.15, 0.2) is 12.6 Å². The fourth-order valence-electron chi connectivity index (χ4n) is 13.4. The van der Waals surface area contributed by atoms with Gasteiger partial charge in [-0.2, -0.15) is 0 Å². The van der Waals surface area contributed by atoms with Crippen LogP contribution in [0.15, 0.2) is 11.6 Å². The summed E-state index contributed by atoms with van der Waals surface area (Å²) in [5.74, 6) is -0.194. The Morgan fingerprint density at radius 3 is 2.15 bits per heavy atom. The first-order valence-electron chi connectivity index (χ1n) is 20.4. The molecule has 2 aliphatic heterocycles. The van der Waals surface area contributed by atoms with Crippen molar-refractivity contribution in [3.05, 3.63) is 11.6 Å². The summed E-state index contributed by atoms with van der Waals surface area (Å²) < 4.78 is 23.6. The molecule has 0 amide bonds. The molecular formula is C41H66O13. The molecule has 308 valence electrons. The number of fused-ring (bicyclic) bond motifs is 7. The summed E-state index contributed by atoms with van der Waals surface area (Å²) in [5.41, 5.74) is -0.234. The first kappa shape index (κ1) is 40.9. The van der Waals surface area contributed by atoms with Gasteiger partial charge in [0.05, 0.1) is 31.3 Å². The van der Waals surface area contributed by atoms with E-state index in [0.29, 0.717) is 18.8 Å². The van der Waals surface area contributed by atoms with Crippen molar-refractivity contribution in [3.8, 4) is 0 Å². The number of carbonyl (C=O) groups is 1. The van der Waals surface area contributed by atoms with Crippen molar-refractivity contribution in [2.45, 2.75) is 167 Å². The first-order chi connectivity index (χ1) is 25.2. The van der Waals surface area contributed by atoms with Gasteiger partial charge in [0, 0.05) is 5.41 Å². The minimum absolute atomic E-state index is 0.0344. The van der Waals surface area contributed by atoms with Gasteiger partial charge in [-0.05, 0) is 104 Å². The first-order valence-corrected chi connectivity index (χ1v) is 20.4. The number of ether oxygens (including phenoxy) is 4. The van der Waals surface area contributed by atoms with E-state index in [1.807, 2.05) is 0 Å². The quantitative estimate of drug-likeness (QED) is 0.138. The smallest absolute Gasteiger partial charge is 0.310 e. The third kappa shape index (κ3) is 5.92. The number of aliphatic hydroxyl groups is 7. The van der Waals surface area contributed by atoms with E-state index in [-0.39, 0.29) is 46.7 Å². The fourth-order valence-corrected chi connectivity index (χ4v) is 13.4. The second-order valence-corrected chi connectivity index (χ2v) is 20.1. The lowest BCUT2D eigenvalue weighted by atomic mass is 9.33. The van der Waals surface area contributed by atoms with E-state index >= 15 is 0 Å². The van der Waals surface area contributed by atoms with Gasteiger partial charge < -0.3 is 59.8 Å². The molecule has 0 aromatic rings. The van der Waals surface area contributed by atoms with Crippen LogP contribution in [0.1, 0.15) is 106 Å². The lowest BCUT2D eigenvalue weighted by Crippen LogP contribution is -2.67. The zero-order chi connectivity index (χ0) is 39.4. The van der Waals surface area contributed by atoms with E-state index in [1.165, 1.54) is 5.57 Å². The van der Waals surface area contributed by atoms with Gasteiger partial charge in [-0.1, -0.05) is 53.2 Å². The van der Waals surface area contributed by atoms with Crippen LogP contribution in [0.2, 0.25) is 0 Å². The molecule has 7 aliphatic rings. The van der Waals surface area contributed by atoms with Crippen molar-refractivity contribution in [2.75, 3.05) is 19.8 Å². The van der Waals surface area contributed by atoms with Crippen LogP contribution in [0.4, 0.5) is 0 Å².